The average molecular weight is 359 g/mol. The van der Waals surface area contributed by atoms with E-state index in [1.165, 1.54) is 0 Å². The van der Waals surface area contributed by atoms with Gasteiger partial charge in [0.25, 0.3) is 0 Å². The van der Waals surface area contributed by atoms with E-state index in [4.69, 9.17) is 21.1 Å². The van der Waals surface area contributed by atoms with Crippen LogP contribution >= 0.6 is 11.6 Å². The van der Waals surface area contributed by atoms with E-state index >= 15 is 0 Å². The zero-order chi connectivity index (χ0) is 18.2. The lowest BCUT2D eigenvalue weighted by Crippen LogP contribution is -2.26. The van der Waals surface area contributed by atoms with Crippen LogP contribution < -0.4 is 14.8 Å². The highest BCUT2D eigenvalue weighted by Gasteiger charge is 2.22. The van der Waals surface area contributed by atoms with Gasteiger partial charge in [0.15, 0.2) is 0 Å². The Hall–Kier alpha value is -2.33. The Labute approximate surface area is 153 Å². The maximum absolute atomic E-state index is 6.05. The molecule has 0 aliphatic carbocycles. The van der Waals surface area contributed by atoms with Gasteiger partial charge in [-0.3, -0.25) is 0 Å². The van der Waals surface area contributed by atoms with Crippen LogP contribution in [0.15, 0.2) is 36.4 Å². The SMILES string of the molecule is COc1cc(OC)c2c(NC(C)(C)C)c(-c3ccc(Cl)cc3)[nH]c2c1. The Morgan fingerprint density at radius 1 is 1.00 bits per heavy atom. The molecule has 3 rings (SSSR count). The monoisotopic (exact) mass is 358 g/mol. The second kappa shape index (κ2) is 6.52. The van der Waals surface area contributed by atoms with E-state index < -0.39 is 0 Å². The van der Waals surface area contributed by atoms with Crippen molar-refractivity contribution in [2.75, 3.05) is 19.5 Å². The summed E-state index contributed by atoms with van der Waals surface area (Å²) in [5.41, 5.74) is 3.89. The molecule has 3 aromatic rings. The van der Waals surface area contributed by atoms with Crippen molar-refractivity contribution in [3.63, 3.8) is 0 Å². The lowest BCUT2D eigenvalue weighted by Gasteiger charge is -2.23. The molecule has 1 aromatic heterocycles. The van der Waals surface area contributed by atoms with Crippen molar-refractivity contribution in [3.8, 4) is 22.8 Å². The summed E-state index contributed by atoms with van der Waals surface area (Å²) >= 11 is 6.05. The number of aromatic nitrogens is 1. The van der Waals surface area contributed by atoms with Gasteiger partial charge in [0.2, 0.25) is 0 Å². The Morgan fingerprint density at radius 3 is 2.24 bits per heavy atom. The lowest BCUT2D eigenvalue weighted by atomic mass is 10.0. The number of H-pyrrole nitrogens is 1. The minimum atomic E-state index is -0.110. The van der Waals surface area contributed by atoms with E-state index in [-0.39, 0.29) is 5.54 Å². The Morgan fingerprint density at radius 2 is 1.68 bits per heavy atom. The van der Waals surface area contributed by atoms with Crippen molar-refractivity contribution in [1.82, 2.24) is 4.98 Å². The maximum Gasteiger partial charge on any atom is 0.134 e. The Bertz CT molecular complexity index is 893. The summed E-state index contributed by atoms with van der Waals surface area (Å²) in [6, 6.07) is 11.7. The highest BCUT2D eigenvalue weighted by molar-refractivity contribution is 6.30. The van der Waals surface area contributed by atoms with E-state index in [1.807, 2.05) is 36.4 Å². The summed E-state index contributed by atoms with van der Waals surface area (Å²) in [4.78, 5) is 3.51. The quantitative estimate of drug-likeness (QED) is 0.627. The summed E-state index contributed by atoms with van der Waals surface area (Å²) in [7, 11) is 3.32. The van der Waals surface area contributed by atoms with Gasteiger partial charge in [-0.15, -0.1) is 0 Å². The highest BCUT2D eigenvalue weighted by atomic mass is 35.5. The molecule has 0 atom stereocenters. The van der Waals surface area contributed by atoms with Crippen molar-refractivity contribution < 1.29 is 9.47 Å². The lowest BCUT2D eigenvalue weighted by molar-refractivity contribution is 0.398. The first-order valence-corrected chi connectivity index (χ1v) is 8.52. The number of hydrogen-bond donors (Lipinski definition) is 2. The zero-order valence-corrected chi connectivity index (χ0v) is 15.9. The van der Waals surface area contributed by atoms with Gasteiger partial charge in [-0.2, -0.15) is 0 Å². The fraction of sp³-hybridized carbons (Fsp3) is 0.300. The second-order valence-corrected chi connectivity index (χ2v) is 7.45. The minimum Gasteiger partial charge on any atom is -0.497 e. The molecule has 0 unspecified atom stereocenters. The molecule has 5 heteroatoms. The van der Waals surface area contributed by atoms with Crippen LogP contribution in [-0.4, -0.2) is 24.7 Å². The van der Waals surface area contributed by atoms with E-state index in [9.17, 15) is 0 Å². The van der Waals surface area contributed by atoms with E-state index in [1.54, 1.807) is 14.2 Å². The van der Waals surface area contributed by atoms with E-state index in [0.717, 1.165) is 39.3 Å². The van der Waals surface area contributed by atoms with Gasteiger partial charge in [0.1, 0.15) is 11.5 Å². The fourth-order valence-corrected chi connectivity index (χ4v) is 3.01. The molecule has 4 nitrogen and oxygen atoms in total. The first-order chi connectivity index (χ1) is 11.8. The molecular weight excluding hydrogens is 336 g/mol. The molecule has 0 fully saturated rings. The van der Waals surface area contributed by atoms with Crippen LogP contribution in [-0.2, 0) is 0 Å². The largest absolute Gasteiger partial charge is 0.497 e. The summed E-state index contributed by atoms with van der Waals surface area (Å²) in [5, 5.41) is 5.33. The molecule has 2 N–H and O–H groups in total. The molecule has 0 saturated carbocycles. The number of fused-ring (bicyclic) bond motifs is 1. The normalized spacial score (nSPS) is 11.6. The predicted octanol–water partition coefficient (Wildman–Crippen LogP) is 5.72. The molecule has 1 heterocycles. The summed E-state index contributed by atoms with van der Waals surface area (Å²) in [5.74, 6) is 1.51. The van der Waals surface area contributed by atoms with Crippen molar-refractivity contribution in [2.24, 2.45) is 0 Å². The number of hydrogen-bond acceptors (Lipinski definition) is 3. The minimum absolute atomic E-state index is 0.110. The topological polar surface area (TPSA) is 46.3 Å². The smallest absolute Gasteiger partial charge is 0.134 e. The molecule has 0 aliphatic rings. The molecular formula is C20H23ClN2O2. The first kappa shape index (κ1) is 17.5. The Kier molecular flexibility index (Phi) is 4.56. The summed E-state index contributed by atoms with van der Waals surface area (Å²) in [6.45, 7) is 6.40. The molecule has 0 aliphatic heterocycles. The third-order valence-electron chi connectivity index (χ3n) is 3.92. The number of ether oxygens (including phenoxy) is 2. The number of benzene rings is 2. The van der Waals surface area contributed by atoms with Crippen LogP contribution in [0.4, 0.5) is 5.69 Å². The van der Waals surface area contributed by atoms with Gasteiger partial charge >= 0.3 is 0 Å². The van der Waals surface area contributed by atoms with Gasteiger partial charge in [-0.1, -0.05) is 23.7 Å². The fourth-order valence-electron chi connectivity index (χ4n) is 2.88. The standard InChI is InChI=1S/C20H23ClN2O2/c1-20(2,3)23-19-17-15(10-14(24-4)11-16(17)25-5)22-18(19)12-6-8-13(21)9-7-12/h6-11,22-23H,1-5H3. The van der Waals surface area contributed by atoms with Crippen LogP contribution in [0.1, 0.15) is 20.8 Å². The second-order valence-electron chi connectivity index (χ2n) is 7.01. The molecule has 0 radical (unpaired) electrons. The third kappa shape index (κ3) is 3.54. The van der Waals surface area contributed by atoms with Crippen LogP contribution in [0.2, 0.25) is 5.02 Å². The Balaban J connectivity index is 2.31. The molecule has 0 spiro atoms. The third-order valence-corrected chi connectivity index (χ3v) is 4.18. The van der Waals surface area contributed by atoms with Crippen molar-refractivity contribution in [1.29, 1.82) is 0 Å². The maximum atomic E-state index is 6.05. The molecule has 0 amide bonds. The number of halogens is 1. The van der Waals surface area contributed by atoms with Gasteiger partial charge in [-0.05, 0) is 32.9 Å². The van der Waals surface area contributed by atoms with Crippen molar-refractivity contribution >= 4 is 28.2 Å². The van der Waals surface area contributed by atoms with Crippen LogP contribution in [0, 0.1) is 0 Å². The molecule has 2 aromatic carbocycles. The van der Waals surface area contributed by atoms with Gasteiger partial charge < -0.3 is 19.8 Å². The summed E-state index contributed by atoms with van der Waals surface area (Å²) < 4.78 is 11.0. The van der Waals surface area contributed by atoms with Crippen LogP contribution in [0.5, 0.6) is 11.5 Å². The molecule has 132 valence electrons. The molecule has 25 heavy (non-hydrogen) atoms. The van der Waals surface area contributed by atoms with Crippen LogP contribution in [0.3, 0.4) is 0 Å². The van der Waals surface area contributed by atoms with Gasteiger partial charge in [0.05, 0.1) is 36.5 Å². The predicted molar refractivity (Wildman–Crippen MR) is 105 cm³/mol. The number of anilines is 1. The molecule has 0 bridgehead atoms. The zero-order valence-electron chi connectivity index (χ0n) is 15.2. The number of methoxy groups -OCH3 is 2. The van der Waals surface area contributed by atoms with Gasteiger partial charge in [-0.25, -0.2) is 0 Å². The van der Waals surface area contributed by atoms with E-state index in [2.05, 4.69) is 31.1 Å². The highest BCUT2D eigenvalue weighted by Crippen LogP contribution is 2.43. The number of nitrogens with one attached hydrogen (secondary N) is 2. The molecule has 0 saturated heterocycles. The van der Waals surface area contributed by atoms with Gasteiger partial charge in [0, 0.05) is 28.3 Å². The van der Waals surface area contributed by atoms with E-state index in [0.29, 0.717) is 5.02 Å². The van der Waals surface area contributed by atoms with Crippen molar-refractivity contribution in [3.05, 3.63) is 41.4 Å². The average Bonchev–Trinajstić information content (AvgIpc) is 2.91. The van der Waals surface area contributed by atoms with Crippen molar-refractivity contribution in [2.45, 2.75) is 26.3 Å². The van der Waals surface area contributed by atoms with Crippen LogP contribution in [0.25, 0.3) is 22.2 Å². The number of rotatable bonds is 4. The first-order valence-electron chi connectivity index (χ1n) is 8.14. The summed E-state index contributed by atoms with van der Waals surface area (Å²) in [6.07, 6.45) is 0. The number of aromatic amines is 1.